The van der Waals surface area contributed by atoms with Crippen LogP contribution in [0.5, 0.6) is 0 Å². The molecule has 2 aromatic rings. The molecule has 1 aliphatic carbocycles. The Morgan fingerprint density at radius 2 is 2.22 bits per heavy atom. The quantitative estimate of drug-likeness (QED) is 0.682. The van der Waals surface area contributed by atoms with Crippen LogP contribution in [0.4, 0.5) is 4.39 Å². The minimum absolute atomic E-state index is 0.123. The summed E-state index contributed by atoms with van der Waals surface area (Å²) in [4.78, 5) is 4.23. The van der Waals surface area contributed by atoms with E-state index in [1.54, 1.807) is 37.6 Å². The van der Waals surface area contributed by atoms with Gasteiger partial charge in [0.1, 0.15) is 6.23 Å². The molecule has 0 saturated carbocycles. The van der Waals surface area contributed by atoms with E-state index in [0.29, 0.717) is 39.9 Å². The predicted molar refractivity (Wildman–Crippen MR) is 105 cm³/mol. The Hall–Kier alpha value is -1.50. The molecule has 1 aromatic heterocycles. The van der Waals surface area contributed by atoms with Gasteiger partial charge < -0.3 is 9.84 Å². The Bertz CT molecular complexity index is 862. The molecule has 0 radical (unpaired) electrons. The van der Waals surface area contributed by atoms with Crippen molar-refractivity contribution in [1.29, 1.82) is 0 Å². The summed E-state index contributed by atoms with van der Waals surface area (Å²) in [6, 6.07) is 6.66. The second-order valence-corrected chi connectivity index (χ2v) is 7.45. The Labute approximate surface area is 168 Å². The molecular formula is C20H21Cl2FN2O2. The number of nitrogens with zero attached hydrogens (tertiary/aromatic N) is 1. The largest absolute Gasteiger partial charge is 0.380 e. The minimum atomic E-state index is -1.97. The number of halogens is 3. The second-order valence-electron chi connectivity index (χ2n) is 6.61. The van der Waals surface area contributed by atoms with Crippen LogP contribution >= 0.6 is 23.2 Å². The lowest BCUT2D eigenvalue weighted by molar-refractivity contribution is -0.0428. The zero-order chi connectivity index (χ0) is 19.6. The second kappa shape index (κ2) is 8.25. The molecule has 144 valence electrons. The zero-order valence-electron chi connectivity index (χ0n) is 14.9. The number of benzene rings is 1. The number of hydrogen-bond donors (Lipinski definition) is 2. The molecule has 1 aliphatic rings. The third-order valence-corrected chi connectivity index (χ3v) is 5.39. The number of aliphatic hydroxyl groups excluding tert-OH is 1. The maximum Gasteiger partial charge on any atom is 0.177 e. The smallest absolute Gasteiger partial charge is 0.177 e. The molecule has 0 saturated heterocycles. The van der Waals surface area contributed by atoms with Gasteiger partial charge in [-0.05, 0) is 47.7 Å². The summed E-state index contributed by atoms with van der Waals surface area (Å²) in [5.74, 6) is 0. The molecule has 0 fully saturated rings. The minimum Gasteiger partial charge on any atom is -0.380 e. The van der Waals surface area contributed by atoms with Gasteiger partial charge in [-0.3, -0.25) is 10.3 Å². The lowest BCUT2D eigenvalue weighted by Crippen LogP contribution is -2.47. The molecule has 27 heavy (non-hydrogen) atoms. The van der Waals surface area contributed by atoms with E-state index in [2.05, 4.69) is 16.9 Å². The number of nitrogens with one attached hydrogen (secondary N) is 1. The molecule has 0 bridgehead atoms. The van der Waals surface area contributed by atoms with Crippen molar-refractivity contribution < 1.29 is 14.2 Å². The summed E-state index contributed by atoms with van der Waals surface area (Å²) in [6.07, 6.45) is 0.712. The van der Waals surface area contributed by atoms with E-state index < -0.39 is 11.9 Å². The average Bonchev–Trinajstić information content (AvgIpc) is 2.64. The SMILES string of the molecule is C=C1CCC(F)(C(O)NCc2c(Cl)cc(Cl)cc2COC)c2cccnc21. The summed E-state index contributed by atoms with van der Waals surface area (Å²) in [6.45, 7) is 4.42. The molecule has 0 aliphatic heterocycles. The molecule has 7 heteroatoms. The van der Waals surface area contributed by atoms with Gasteiger partial charge in [0.2, 0.25) is 0 Å². The number of ether oxygens (including phenoxy) is 1. The Morgan fingerprint density at radius 3 is 2.96 bits per heavy atom. The van der Waals surface area contributed by atoms with Gasteiger partial charge in [0, 0.05) is 35.5 Å². The third kappa shape index (κ3) is 4.03. The van der Waals surface area contributed by atoms with Crippen LogP contribution in [0.25, 0.3) is 5.57 Å². The maximum absolute atomic E-state index is 15.8. The van der Waals surface area contributed by atoms with Gasteiger partial charge in [-0.15, -0.1) is 0 Å². The molecule has 1 aromatic carbocycles. The average molecular weight is 411 g/mol. The van der Waals surface area contributed by atoms with Crippen molar-refractivity contribution in [3.05, 3.63) is 69.5 Å². The molecule has 3 rings (SSSR count). The molecule has 2 N–H and O–H groups in total. The lowest BCUT2D eigenvalue weighted by atomic mass is 9.79. The molecule has 0 spiro atoms. The van der Waals surface area contributed by atoms with Crippen LogP contribution in [-0.4, -0.2) is 23.4 Å². The van der Waals surface area contributed by atoms with E-state index in [1.165, 1.54) is 0 Å². The van der Waals surface area contributed by atoms with Gasteiger partial charge in [0.25, 0.3) is 0 Å². The highest BCUT2D eigenvalue weighted by atomic mass is 35.5. The van der Waals surface area contributed by atoms with Crippen molar-refractivity contribution in [2.24, 2.45) is 0 Å². The summed E-state index contributed by atoms with van der Waals surface area (Å²) in [5.41, 5.74) is 1.15. The van der Waals surface area contributed by atoms with Gasteiger partial charge >= 0.3 is 0 Å². The van der Waals surface area contributed by atoms with E-state index in [-0.39, 0.29) is 13.0 Å². The summed E-state index contributed by atoms with van der Waals surface area (Å²) in [7, 11) is 1.57. The molecule has 1 heterocycles. The van der Waals surface area contributed by atoms with Crippen molar-refractivity contribution in [2.45, 2.75) is 37.9 Å². The molecule has 2 unspecified atom stereocenters. The van der Waals surface area contributed by atoms with E-state index in [0.717, 1.165) is 11.1 Å². The van der Waals surface area contributed by atoms with Crippen molar-refractivity contribution >= 4 is 28.8 Å². The predicted octanol–water partition coefficient (Wildman–Crippen LogP) is 4.61. The highest BCUT2D eigenvalue weighted by Gasteiger charge is 2.44. The number of alkyl halides is 1. The monoisotopic (exact) mass is 410 g/mol. The number of aromatic nitrogens is 1. The van der Waals surface area contributed by atoms with Gasteiger partial charge in [-0.2, -0.15) is 0 Å². The van der Waals surface area contributed by atoms with Crippen LogP contribution < -0.4 is 5.32 Å². The lowest BCUT2D eigenvalue weighted by Gasteiger charge is -2.36. The highest BCUT2D eigenvalue weighted by Crippen LogP contribution is 2.43. The van der Waals surface area contributed by atoms with Crippen LogP contribution in [0, 0.1) is 0 Å². The van der Waals surface area contributed by atoms with Crippen LogP contribution in [0.2, 0.25) is 10.0 Å². The number of rotatable bonds is 6. The molecular weight excluding hydrogens is 390 g/mol. The van der Waals surface area contributed by atoms with E-state index in [4.69, 9.17) is 27.9 Å². The Morgan fingerprint density at radius 1 is 1.44 bits per heavy atom. The van der Waals surface area contributed by atoms with Gasteiger partial charge in [-0.25, -0.2) is 4.39 Å². The first kappa shape index (κ1) is 20.2. The van der Waals surface area contributed by atoms with E-state index >= 15 is 4.39 Å². The third-order valence-electron chi connectivity index (χ3n) is 4.84. The van der Waals surface area contributed by atoms with Crippen LogP contribution in [0.15, 0.2) is 37.0 Å². The fourth-order valence-corrected chi connectivity index (χ4v) is 3.99. The first-order chi connectivity index (χ1) is 12.9. The first-order valence-corrected chi connectivity index (χ1v) is 9.32. The highest BCUT2D eigenvalue weighted by molar-refractivity contribution is 6.35. The van der Waals surface area contributed by atoms with Crippen molar-refractivity contribution in [3.63, 3.8) is 0 Å². The van der Waals surface area contributed by atoms with Gasteiger partial charge in [0.15, 0.2) is 5.67 Å². The van der Waals surface area contributed by atoms with Gasteiger partial charge in [-0.1, -0.05) is 35.8 Å². The maximum atomic E-state index is 15.8. The summed E-state index contributed by atoms with van der Waals surface area (Å²) in [5, 5.41) is 14.4. The Kier molecular flexibility index (Phi) is 6.18. The van der Waals surface area contributed by atoms with Crippen LogP contribution in [0.1, 0.15) is 35.2 Å². The number of allylic oxidation sites excluding steroid dienone is 1. The molecule has 0 amide bonds. The number of hydrogen-bond acceptors (Lipinski definition) is 4. The van der Waals surface area contributed by atoms with Gasteiger partial charge in [0.05, 0.1) is 12.3 Å². The van der Waals surface area contributed by atoms with Crippen LogP contribution in [-0.2, 0) is 23.6 Å². The van der Waals surface area contributed by atoms with Crippen molar-refractivity contribution in [1.82, 2.24) is 10.3 Å². The number of methoxy groups -OCH3 is 1. The summed E-state index contributed by atoms with van der Waals surface area (Å²) < 4.78 is 21.0. The van der Waals surface area contributed by atoms with Crippen molar-refractivity contribution in [3.8, 4) is 0 Å². The van der Waals surface area contributed by atoms with Crippen molar-refractivity contribution in [2.75, 3.05) is 7.11 Å². The fraction of sp³-hybridized carbons (Fsp3) is 0.350. The summed E-state index contributed by atoms with van der Waals surface area (Å²) >= 11 is 12.3. The van der Waals surface area contributed by atoms with E-state index in [1.807, 2.05) is 0 Å². The van der Waals surface area contributed by atoms with Crippen LogP contribution in [0.3, 0.4) is 0 Å². The topological polar surface area (TPSA) is 54.4 Å². The number of aliphatic hydroxyl groups is 1. The zero-order valence-corrected chi connectivity index (χ0v) is 16.4. The standard InChI is InChI=1S/C20H21Cl2FN2O2/c1-12-5-6-20(23,16-4-3-7-24-18(12)16)19(26)25-10-15-13(11-27-2)8-14(21)9-17(15)22/h3-4,7-9,19,25-26H,1,5-6,10-11H2,2H3. The number of pyridine rings is 1. The number of fused-ring (bicyclic) bond motifs is 1. The normalized spacial score (nSPS) is 20.4. The molecule has 2 atom stereocenters. The Balaban J connectivity index is 1.84. The molecule has 4 nitrogen and oxygen atoms in total. The van der Waals surface area contributed by atoms with E-state index in [9.17, 15) is 5.11 Å². The fourth-order valence-electron chi connectivity index (χ4n) is 3.39. The first-order valence-electron chi connectivity index (χ1n) is 8.56.